The third-order valence-electron chi connectivity index (χ3n) is 5.33. The Balaban J connectivity index is 1.83. The average molecular weight is 380 g/mol. The van der Waals surface area contributed by atoms with Gasteiger partial charge in [0.25, 0.3) is 5.56 Å². The van der Waals surface area contributed by atoms with E-state index < -0.39 is 0 Å². The third kappa shape index (κ3) is 2.88. The molecule has 132 valence electrons. The zero-order valence-corrected chi connectivity index (χ0v) is 15.5. The molecule has 1 aromatic heterocycles. The molecule has 2 aliphatic rings. The van der Waals surface area contributed by atoms with Crippen LogP contribution in [0.4, 0.5) is 0 Å². The number of fused-ring (bicyclic) bond motifs is 4. The van der Waals surface area contributed by atoms with E-state index in [1.807, 2.05) is 0 Å². The predicted octanol–water partition coefficient (Wildman–Crippen LogP) is 3.24. The lowest BCUT2D eigenvalue weighted by molar-refractivity contribution is -0.119. The zero-order valence-electron chi connectivity index (χ0n) is 14.0. The Bertz CT molecular complexity index is 925. The fraction of sp³-hybridized carbons (Fsp3) is 0.500. The number of nitrogens with zero attached hydrogens (tertiary/aromatic N) is 3. The molecule has 0 aliphatic carbocycles. The first-order valence-corrected chi connectivity index (χ1v) is 9.34. The van der Waals surface area contributed by atoms with Crippen molar-refractivity contribution < 1.29 is 4.79 Å². The minimum absolute atomic E-state index is 0.0549. The van der Waals surface area contributed by atoms with E-state index in [4.69, 9.17) is 28.2 Å². The van der Waals surface area contributed by atoms with E-state index >= 15 is 0 Å². The summed E-state index contributed by atoms with van der Waals surface area (Å²) in [5.41, 5.74) is 0.538. The molecule has 0 unspecified atom stereocenters. The lowest BCUT2D eigenvalue weighted by Crippen LogP contribution is -2.50. The van der Waals surface area contributed by atoms with Crippen LogP contribution in [0, 0.1) is 0 Å². The van der Waals surface area contributed by atoms with Crippen molar-refractivity contribution in [2.24, 2.45) is 0 Å². The Labute approximate surface area is 155 Å². The van der Waals surface area contributed by atoms with Gasteiger partial charge in [-0.3, -0.25) is 19.1 Å². The van der Waals surface area contributed by atoms with Crippen LogP contribution in [0.3, 0.4) is 0 Å². The SMILES string of the molecule is CC(=O)CN1CCC[C@@H]2c3nc4cc(Cl)c(Cl)cc4c(=O)n3CC[C@H]21. The van der Waals surface area contributed by atoms with Crippen LogP contribution < -0.4 is 5.56 Å². The molecule has 0 bridgehead atoms. The second-order valence-corrected chi connectivity index (χ2v) is 7.80. The van der Waals surface area contributed by atoms with Crippen molar-refractivity contribution in [2.45, 2.75) is 44.7 Å². The van der Waals surface area contributed by atoms with Gasteiger partial charge in [-0.15, -0.1) is 0 Å². The maximum atomic E-state index is 12.9. The Kier molecular flexibility index (Phi) is 4.34. The Morgan fingerprint density at radius 2 is 2.00 bits per heavy atom. The summed E-state index contributed by atoms with van der Waals surface area (Å²) in [6.07, 6.45) is 2.85. The van der Waals surface area contributed by atoms with Crippen LogP contribution >= 0.6 is 23.2 Å². The van der Waals surface area contributed by atoms with Gasteiger partial charge in [0.1, 0.15) is 11.6 Å². The van der Waals surface area contributed by atoms with Crippen molar-refractivity contribution >= 4 is 39.9 Å². The van der Waals surface area contributed by atoms with Gasteiger partial charge in [0.2, 0.25) is 0 Å². The molecule has 1 saturated heterocycles. The number of piperidine rings is 1. The molecule has 0 saturated carbocycles. The van der Waals surface area contributed by atoms with Crippen molar-refractivity contribution in [2.75, 3.05) is 13.1 Å². The number of rotatable bonds is 2. The summed E-state index contributed by atoms with van der Waals surface area (Å²) in [6.45, 7) is 3.65. The summed E-state index contributed by atoms with van der Waals surface area (Å²) >= 11 is 12.2. The minimum atomic E-state index is -0.0549. The number of ketones is 1. The van der Waals surface area contributed by atoms with Gasteiger partial charge in [-0.05, 0) is 44.9 Å². The van der Waals surface area contributed by atoms with E-state index in [-0.39, 0.29) is 23.3 Å². The van der Waals surface area contributed by atoms with Crippen molar-refractivity contribution in [3.8, 4) is 0 Å². The molecular weight excluding hydrogens is 361 g/mol. The highest BCUT2D eigenvalue weighted by Gasteiger charge is 2.38. The quantitative estimate of drug-likeness (QED) is 0.803. The monoisotopic (exact) mass is 379 g/mol. The van der Waals surface area contributed by atoms with Gasteiger partial charge in [0.15, 0.2) is 0 Å². The van der Waals surface area contributed by atoms with E-state index in [0.29, 0.717) is 34.0 Å². The molecule has 0 N–H and O–H groups in total. The predicted molar refractivity (Wildman–Crippen MR) is 98.7 cm³/mol. The molecular formula is C18H19Cl2N3O2. The number of carbonyl (C=O) groups excluding carboxylic acids is 1. The van der Waals surface area contributed by atoms with Crippen LogP contribution in [-0.4, -0.2) is 39.4 Å². The number of carbonyl (C=O) groups is 1. The van der Waals surface area contributed by atoms with Crippen molar-refractivity contribution in [1.82, 2.24) is 14.5 Å². The van der Waals surface area contributed by atoms with Crippen LogP contribution in [0.1, 0.15) is 37.9 Å². The molecule has 4 rings (SSSR count). The summed E-state index contributed by atoms with van der Waals surface area (Å²) in [6, 6.07) is 3.54. The van der Waals surface area contributed by atoms with Crippen molar-refractivity contribution in [1.29, 1.82) is 0 Å². The molecule has 25 heavy (non-hydrogen) atoms. The van der Waals surface area contributed by atoms with Crippen LogP contribution in [0.2, 0.25) is 10.0 Å². The molecule has 0 radical (unpaired) electrons. The number of benzene rings is 1. The highest BCUT2D eigenvalue weighted by molar-refractivity contribution is 6.42. The average Bonchev–Trinajstić information content (AvgIpc) is 2.57. The van der Waals surface area contributed by atoms with E-state index in [9.17, 15) is 9.59 Å². The normalized spacial score (nSPS) is 23.3. The maximum absolute atomic E-state index is 12.9. The number of likely N-dealkylation sites (tertiary alicyclic amines) is 1. The first-order valence-electron chi connectivity index (χ1n) is 8.58. The summed E-state index contributed by atoms with van der Waals surface area (Å²) in [4.78, 5) is 31.6. The molecule has 1 fully saturated rings. The van der Waals surface area contributed by atoms with Gasteiger partial charge in [-0.2, -0.15) is 0 Å². The number of hydrogen-bond acceptors (Lipinski definition) is 4. The van der Waals surface area contributed by atoms with Crippen molar-refractivity contribution in [3.63, 3.8) is 0 Å². The largest absolute Gasteiger partial charge is 0.299 e. The molecule has 2 aromatic rings. The molecule has 0 spiro atoms. The number of hydrogen-bond donors (Lipinski definition) is 0. The highest BCUT2D eigenvalue weighted by atomic mass is 35.5. The van der Waals surface area contributed by atoms with Gasteiger partial charge in [-0.25, -0.2) is 4.98 Å². The number of halogens is 2. The smallest absolute Gasteiger partial charge is 0.261 e. The number of Topliss-reactive ketones (excluding diaryl/α,β-unsaturated/α-hetero) is 1. The fourth-order valence-corrected chi connectivity index (χ4v) is 4.61. The molecule has 1 aromatic carbocycles. The first-order chi connectivity index (χ1) is 12.0. The van der Waals surface area contributed by atoms with E-state index in [2.05, 4.69) is 4.90 Å². The van der Waals surface area contributed by atoms with Crippen molar-refractivity contribution in [3.05, 3.63) is 38.4 Å². The topological polar surface area (TPSA) is 55.2 Å². The van der Waals surface area contributed by atoms with Crippen LogP contribution in [-0.2, 0) is 11.3 Å². The molecule has 2 atom stereocenters. The molecule has 3 heterocycles. The second kappa shape index (κ2) is 6.38. The Morgan fingerprint density at radius 1 is 1.24 bits per heavy atom. The Morgan fingerprint density at radius 3 is 2.76 bits per heavy atom. The Hall–Kier alpha value is -1.43. The lowest BCUT2D eigenvalue weighted by Gasteiger charge is -2.44. The fourth-order valence-electron chi connectivity index (χ4n) is 4.29. The van der Waals surface area contributed by atoms with Crippen LogP contribution in [0.25, 0.3) is 10.9 Å². The van der Waals surface area contributed by atoms with Gasteiger partial charge in [-0.1, -0.05) is 23.2 Å². The molecule has 7 heteroatoms. The number of aromatic nitrogens is 2. The highest BCUT2D eigenvalue weighted by Crippen LogP contribution is 2.37. The minimum Gasteiger partial charge on any atom is -0.299 e. The summed E-state index contributed by atoms with van der Waals surface area (Å²) < 4.78 is 1.78. The summed E-state index contributed by atoms with van der Waals surface area (Å²) in [5, 5.41) is 1.28. The van der Waals surface area contributed by atoms with Gasteiger partial charge in [0, 0.05) is 18.5 Å². The van der Waals surface area contributed by atoms with Gasteiger partial charge in [0.05, 0.1) is 27.5 Å². The van der Waals surface area contributed by atoms with E-state index in [1.165, 1.54) is 0 Å². The van der Waals surface area contributed by atoms with E-state index in [1.54, 1.807) is 23.6 Å². The van der Waals surface area contributed by atoms with E-state index in [0.717, 1.165) is 31.6 Å². The lowest BCUT2D eigenvalue weighted by atomic mass is 9.83. The second-order valence-electron chi connectivity index (χ2n) is 6.99. The summed E-state index contributed by atoms with van der Waals surface area (Å²) in [7, 11) is 0. The van der Waals surface area contributed by atoms with Crippen LogP contribution in [0.5, 0.6) is 0 Å². The van der Waals surface area contributed by atoms with Gasteiger partial charge < -0.3 is 0 Å². The molecule has 5 nitrogen and oxygen atoms in total. The molecule has 0 amide bonds. The molecule has 2 aliphatic heterocycles. The first kappa shape index (κ1) is 17.0. The van der Waals surface area contributed by atoms with Gasteiger partial charge >= 0.3 is 0 Å². The standard InChI is InChI=1S/C18H19Cl2N3O2/c1-10(24)9-22-5-2-3-11-16(22)4-6-23-17(11)21-15-8-14(20)13(19)7-12(15)18(23)25/h7-8,11,16H,2-6,9H2,1H3/t11-,16+/m0/s1. The third-order valence-corrected chi connectivity index (χ3v) is 6.05. The summed E-state index contributed by atoms with van der Waals surface area (Å²) in [5.74, 6) is 1.17. The zero-order chi connectivity index (χ0) is 17.7. The van der Waals surface area contributed by atoms with Crippen LogP contribution in [0.15, 0.2) is 16.9 Å². The maximum Gasteiger partial charge on any atom is 0.261 e.